The van der Waals surface area contributed by atoms with Gasteiger partial charge in [0.15, 0.2) is 0 Å². The Bertz CT molecular complexity index is 761. The van der Waals surface area contributed by atoms with Crippen molar-refractivity contribution in [1.29, 1.82) is 0 Å². The highest BCUT2D eigenvalue weighted by Crippen LogP contribution is 2.32. The standard InChI is InChI=1S/C17H27BrN4O5S/c1-19-7-2-9-21(10-3-8-19)28(26,27)17-14-15(22(24)25)4-5-16(17)20(11-6-18)12-13-23/h4-5,14,23H,2-3,6-13H2,1H3. The molecule has 0 radical (unpaired) electrons. The van der Waals surface area contributed by atoms with E-state index in [1.807, 2.05) is 7.05 Å². The van der Waals surface area contributed by atoms with Crippen LogP contribution in [-0.2, 0) is 10.0 Å². The highest BCUT2D eigenvalue weighted by Gasteiger charge is 2.31. The molecule has 1 aliphatic rings. The maximum Gasteiger partial charge on any atom is 0.270 e. The van der Waals surface area contributed by atoms with Crippen molar-refractivity contribution in [2.75, 3.05) is 63.2 Å². The summed E-state index contributed by atoms with van der Waals surface area (Å²) in [6.45, 7) is 2.88. The zero-order chi connectivity index (χ0) is 20.7. The lowest BCUT2D eigenvalue weighted by Gasteiger charge is -2.30. The molecule has 158 valence electrons. The predicted molar refractivity (Wildman–Crippen MR) is 112 cm³/mol. The number of non-ortho nitro benzene ring substituents is 1. The smallest absolute Gasteiger partial charge is 0.270 e. The topological polar surface area (TPSA) is 107 Å². The van der Waals surface area contributed by atoms with Crippen molar-refractivity contribution < 1.29 is 18.4 Å². The third-order valence-electron chi connectivity index (χ3n) is 4.73. The van der Waals surface area contributed by atoms with Crippen LogP contribution in [0.2, 0.25) is 0 Å². The number of aliphatic hydroxyl groups is 1. The molecular weight excluding hydrogens is 452 g/mol. The summed E-state index contributed by atoms with van der Waals surface area (Å²) in [6, 6.07) is 3.89. The predicted octanol–water partition coefficient (Wildman–Crippen LogP) is 1.50. The number of hydrogen-bond acceptors (Lipinski definition) is 7. The van der Waals surface area contributed by atoms with Gasteiger partial charge in [-0.1, -0.05) is 15.9 Å². The molecule has 1 aromatic carbocycles. The van der Waals surface area contributed by atoms with Gasteiger partial charge in [-0.25, -0.2) is 8.42 Å². The molecule has 11 heteroatoms. The van der Waals surface area contributed by atoms with E-state index >= 15 is 0 Å². The van der Waals surface area contributed by atoms with E-state index in [9.17, 15) is 23.6 Å². The fourth-order valence-corrected chi connectivity index (χ4v) is 5.47. The van der Waals surface area contributed by atoms with Gasteiger partial charge in [0.2, 0.25) is 10.0 Å². The summed E-state index contributed by atoms with van der Waals surface area (Å²) >= 11 is 3.34. The molecule has 0 bridgehead atoms. The molecule has 1 aliphatic heterocycles. The van der Waals surface area contributed by atoms with Crippen molar-refractivity contribution in [2.45, 2.75) is 17.7 Å². The maximum atomic E-state index is 13.4. The molecule has 28 heavy (non-hydrogen) atoms. The summed E-state index contributed by atoms with van der Waals surface area (Å²) in [5.41, 5.74) is 0.107. The molecule has 1 fully saturated rings. The number of benzene rings is 1. The summed E-state index contributed by atoms with van der Waals surface area (Å²) in [5, 5.41) is 21.2. The Morgan fingerprint density at radius 3 is 2.39 bits per heavy atom. The molecular formula is C17H27BrN4O5S. The molecule has 0 aromatic heterocycles. The number of halogens is 1. The van der Waals surface area contributed by atoms with Crippen LogP contribution in [-0.4, -0.2) is 85.9 Å². The van der Waals surface area contributed by atoms with Gasteiger partial charge in [-0.05, 0) is 39.0 Å². The van der Waals surface area contributed by atoms with Crippen molar-refractivity contribution in [3.63, 3.8) is 0 Å². The Labute approximate surface area is 174 Å². The minimum absolute atomic E-state index is 0.0787. The second kappa shape index (κ2) is 10.5. The van der Waals surface area contributed by atoms with Gasteiger partial charge in [0, 0.05) is 43.6 Å². The van der Waals surface area contributed by atoms with Gasteiger partial charge in [-0.15, -0.1) is 0 Å². The molecule has 0 aliphatic carbocycles. The quantitative estimate of drug-likeness (QED) is 0.342. The highest BCUT2D eigenvalue weighted by atomic mass is 79.9. The van der Waals surface area contributed by atoms with Crippen LogP contribution in [0, 0.1) is 10.1 Å². The van der Waals surface area contributed by atoms with Gasteiger partial charge in [-0.3, -0.25) is 10.1 Å². The number of nitrogens with zero attached hydrogens (tertiary/aromatic N) is 4. The monoisotopic (exact) mass is 478 g/mol. The number of alkyl halides is 1. The molecule has 9 nitrogen and oxygen atoms in total. The van der Waals surface area contributed by atoms with Gasteiger partial charge < -0.3 is 14.9 Å². The minimum Gasteiger partial charge on any atom is -0.395 e. The van der Waals surface area contributed by atoms with Crippen LogP contribution in [0.25, 0.3) is 0 Å². The third-order valence-corrected chi connectivity index (χ3v) is 7.01. The maximum absolute atomic E-state index is 13.4. The molecule has 0 atom stereocenters. The van der Waals surface area contributed by atoms with Crippen LogP contribution >= 0.6 is 15.9 Å². The van der Waals surface area contributed by atoms with Crippen molar-refractivity contribution in [1.82, 2.24) is 9.21 Å². The lowest BCUT2D eigenvalue weighted by atomic mass is 10.2. The Hall–Kier alpha value is -1.27. The largest absolute Gasteiger partial charge is 0.395 e. The van der Waals surface area contributed by atoms with Crippen LogP contribution in [0.15, 0.2) is 23.1 Å². The van der Waals surface area contributed by atoms with E-state index in [2.05, 4.69) is 20.8 Å². The molecule has 1 heterocycles. The number of aliphatic hydroxyl groups excluding tert-OH is 1. The number of rotatable bonds is 8. The second-order valence-corrected chi connectivity index (χ2v) is 9.42. The number of anilines is 1. The summed E-state index contributed by atoms with van der Waals surface area (Å²) in [6.07, 6.45) is 1.39. The van der Waals surface area contributed by atoms with Crippen molar-refractivity contribution in [3.05, 3.63) is 28.3 Å². The van der Waals surface area contributed by atoms with E-state index in [4.69, 9.17) is 0 Å². The van der Waals surface area contributed by atoms with Gasteiger partial charge >= 0.3 is 0 Å². The van der Waals surface area contributed by atoms with Gasteiger partial charge in [0.05, 0.1) is 17.2 Å². The molecule has 0 saturated carbocycles. The SMILES string of the molecule is CN1CCCN(S(=O)(=O)c2cc([N+](=O)[O-])ccc2N(CCO)CCBr)CCC1. The molecule has 0 spiro atoms. The molecule has 1 N–H and O–H groups in total. The Morgan fingerprint density at radius 1 is 1.21 bits per heavy atom. The number of nitro groups is 1. The lowest BCUT2D eigenvalue weighted by molar-refractivity contribution is -0.385. The number of sulfonamides is 1. The first kappa shape index (κ1) is 23.0. The lowest BCUT2D eigenvalue weighted by Crippen LogP contribution is -2.39. The third kappa shape index (κ3) is 5.63. The first-order valence-corrected chi connectivity index (χ1v) is 11.8. The average molecular weight is 479 g/mol. The van der Waals surface area contributed by atoms with E-state index < -0.39 is 14.9 Å². The summed E-state index contributed by atoms with van der Waals surface area (Å²) in [5.74, 6) is 0. The molecule has 0 amide bonds. The molecule has 0 unspecified atom stereocenters. The summed E-state index contributed by atoms with van der Waals surface area (Å²) in [4.78, 5) is 14.5. The number of hydrogen-bond donors (Lipinski definition) is 1. The average Bonchev–Trinajstić information content (AvgIpc) is 2.63. The second-order valence-electron chi connectivity index (χ2n) is 6.72. The van der Waals surface area contributed by atoms with Crippen molar-refractivity contribution in [3.8, 4) is 0 Å². The normalized spacial score (nSPS) is 17.1. The minimum atomic E-state index is -3.92. The van der Waals surface area contributed by atoms with Gasteiger partial charge in [0.25, 0.3) is 5.69 Å². The first-order valence-electron chi connectivity index (χ1n) is 9.20. The van der Waals surface area contributed by atoms with Gasteiger partial charge in [0.1, 0.15) is 4.90 Å². The van der Waals surface area contributed by atoms with E-state index in [0.717, 1.165) is 19.2 Å². The fourth-order valence-electron chi connectivity index (χ4n) is 3.30. The summed E-state index contributed by atoms with van der Waals surface area (Å²) in [7, 11) is -1.91. The molecule has 2 rings (SSSR count). The Balaban J connectivity index is 2.49. The zero-order valence-electron chi connectivity index (χ0n) is 16.0. The van der Waals surface area contributed by atoms with E-state index in [-0.39, 0.29) is 23.7 Å². The van der Waals surface area contributed by atoms with E-state index in [0.29, 0.717) is 43.5 Å². The van der Waals surface area contributed by atoms with Crippen LogP contribution in [0.5, 0.6) is 0 Å². The number of nitro benzene ring substituents is 1. The first-order chi connectivity index (χ1) is 13.3. The van der Waals surface area contributed by atoms with Crippen LogP contribution in [0.3, 0.4) is 0 Å². The molecule has 1 aromatic rings. The van der Waals surface area contributed by atoms with Crippen LogP contribution < -0.4 is 4.90 Å². The van der Waals surface area contributed by atoms with Crippen LogP contribution in [0.4, 0.5) is 11.4 Å². The van der Waals surface area contributed by atoms with E-state index in [1.165, 1.54) is 16.4 Å². The Morgan fingerprint density at radius 2 is 1.86 bits per heavy atom. The molecule has 1 saturated heterocycles. The summed E-state index contributed by atoms with van der Waals surface area (Å²) < 4.78 is 28.3. The van der Waals surface area contributed by atoms with Crippen molar-refractivity contribution in [2.24, 2.45) is 0 Å². The highest BCUT2D eigenvalue weighted by molar-refractivity contribution is 9.09. The van der Waals surface area contributed by atoms with Crippen molar-refractivity contribution >= 4 is 37.3 Å². The zero-order valence-corrected chi connectivity index (χ0v) is 18.4. The fraction of sp³-hybridized carbons (Fsp3) is 0.647. The Kier molecular flexibility index (Phi) is 8.62. The van der Waals surface area contributed by atoms with Gasteiger partial charge in [-0.2, -0.15) is 4.31 Å². The van der Waals surface area contributed by atoms with E-state index in [1.54, 1.807) is 4.90 Å². The van der Waals surface area contributed by atoms with Crippen LogP contribution in [0.1, 0.15) is 12.8 Å².